The Balaban J connectivity index is 2.23. The minimum atomic E-state index is -0.517. The van der Waals surface area contributed by atoms with Gasteiger partial charge < -0.3 is 16.4 Å². The maximum atomic E-state index is 14.2. The summed E-state index contributed by atoms with van der Waals surface area (Å²) in [6.07, 6.45) is 0. The van der Waals surface area contributed by atoms with Crippen molar-refractivity contribution in [1.29, 1.82) is 0 Å². The molecule has 1 aromatic rings. The van der Waals surface area contributed by atoms with Gasteiger partial charge in [-0.25, -0.2) is 4.39 Å². The number of piperazine rings is 1. The third-order valence-corrected chi connectivity index (χ3v) is 3.98. The Morgan fingerprint density at radius 1 is 1.16 bits per heavy atom. The van der Waals surface area contributed by atoms with Gasteiger partial charge in [0.1, 0.15) is 5.02 Å². The van der Waals surface area contributed by atoms with Crippen LogP contribution in [0.3, 0.4) is 0 Å². The van der Waals surface area contributed by atoms with Crippen LogP contribution in [0.4, 0.5) is 21.5 Å². The highest BCUT2D eigenvalue weighted by Crippen LogP contribution is 2.36. The van der Waals surface area contributed by atoms with E-state index in [9.17, 15) is 4.39 Å². The molecular formula is C13H20ClFN4. The second-order valence-corrected chi connectivity index (χ2v) is 5.53. The number of rotatable bonds is 2. The summed E-state index contributed by atoms with van der Waals surface area (Å²) in [4.78, 5) is 4.29. The lowest BCUT2D eigenvalue weighted by Gasteiger charge is -2.38. The number of anilines is 3. The summed E-state index contributed by atoms with van der Waals surface area (Å²) in [5.74, 6) is -0.517. The Bertz CT molecular complexity index is 470. The molecule has 2 rings (SSSR count). The normalized spacial score (nSPS) is 17.2. The number of hydrogen-bond acceptors (Lipinski definition) is 4. The summed E-state index contributed by atoms with van der Waals surface area (Å²) in [5, 5.41) is -0.0458. The lowest BCUT2D eigenvalue weighted by Crippen LogP contribution is -2.49. The van der Waals surface area contributed by atoms with E-state index in [0.717, 1.165) is 26.2 Å². The van der Waals surface area contributed by atoms with Gasteiger partial charge in [0, 0.05) is 32.2 Å². The zero-order chi connectivity index (χ0) is 14.2. The van der Waals surface area contributed by atoms with E-state index in [1.807, 2.05) is 4.90 Å². The molecule has 4 nitrogen and oxygen atoms in total. The zero-order valence-electron chi connectivity index (χ0n) is 11.3. The zero-order valence-corrected chi connectivity index (χ0v) is 12.0. The van der Waals surface area contributed by atoms with Crippen LogP contribution in [0, 0.1) is 5.82 Å². The van der Waals surface area contributed by atoms with Crippen LogP contribution in [0.15, 0.2) is 6.07 Å². The van der Waals surface area contributed by atoms with E-state index in [-0.39, 0.29) is 10.7 Å². The van der Waals surface area contributed by atoms with E-state index in [4.69, 9.17) is 23.1 Å². The average molecular weight is 287 g/mol. The molecule has 1 fully saturated rings. The minimum Gasteiger partial charge on any atom is -0.397 e. The monoisotopic (exact) mass is 286 g/mol. The molecule has 0 unspecified atom stereocenters. The maximum Gasteiger partial charge on any atom is 0.169 e. The molecule has 0 aliphatic carbocycles. The maximum absolute atomic E-state index is 14.2. The Labute approximate surface area is 118 Å². The molecule has 0 aromatic heterocycles. The van der Waals surface area contributed by atoms with Crippen molar-refractivity contribution in [3.8, 4) is 0 Å². The molecule has 1 heterocycles. The van der Waals surface area contributed by atoms with Gasteiger partial charge in [-0.15, -0.1) is 0 Å². The minimum absolute atomic E-state index is 0.0458. The number of benzene rings is 1. The third kappa shape index (κ3) is 2.72. The lowest BCUT2D eigenvalue weighted by atomic mass is 10.1. The van der Waals surface area contributed by atoms with E-state index < -0.39 is 5.82 Å². The predicted octanol–water partition coefficient (Wildman–Crippen LogP) is 2.17. The quantitative estimate of drug-likeness (QED) is 0.818. The van der Waals surface area contributed by atoms with Gasteiger partial charge in [-0.3, -0.25) is 4.90 Å². The van der Waals surface area contributed by atoms with Crippen molar-refractivity contribution >= 4 is 28.7 Å². The molecule has 4 N–H and O–H groups in total. The predicted molar refractivity (Wildman–Crippen MR) is 79.2 cm³/mol. The number of nitrogens with two attached hydrogens (primary N) is 2. The van der Waals surface area contributed by atoms with Gasteiger partial charge >= 0.3 is 0 Å². The summed E-state index contributed by atoms with van der Waals surface area (Å²) in [6.45, 7) is 7.56. The fourth-order valence-corrected chi connectivity index (χ4v) is 2.58. The molecule has 0 saturated carbocycles. The topological polar surface area (TPSA) is 58.5 Å². The van der Waals surface area contributed by atoms with E-state index in [1.165, 1.54) is 6.07 Å². The SMILES string of the molecule is CC(C)N1CCN(c2c(N)cc(N)c(Cl)c2F)CC1. The van der Waals surface area contributed by atoms with Gasteiger partial charge in [-0.1, -0.05) is 11.6 Å². The third-order valence-electron chi connectivity index (χ3n) is 3.60. The van der Waals surface area contributed by atoms with Gasteiger partial charge in [-0.2, -0.15) is 0 Å². The molecule has 0 amide bonds. The Morgan fingerprint density at radius 3 is 2.26 bits per heavy atom. The fourth-order valence-electron chi connectivity index (χ4n) is 2.44. The molecule has 19 heavy (non-hydrogen) atoms. The smallest absolute Gasteiger partial charge is 0.169 e. The first-order valence-electron chi connectivity index (χ1n) is 6.43. The van der Waals surface area contributed by atoms with Gasteiger partial charge in [0.05, 0.1) is 17.1 Å². The molecule has 0 atom stereocenters. The van der Waals surface area contributed by atoms with Gasteiger partial charge in [0.15, 0.2) is 5.82 Å². The Morgan fingerprint density at radius 2 is 1.74 bits per heavy atom. The van der Waals surface area contributed by atoms with E-state index in [1.54, 1.807) is 0 Å². The van der Waals surface area contributed by atoms with E-state index >= 15 is 0 Å². The van der Waals surface area contributed by atoms with Gasteiger partial charge in [0.25, 0.3) is 0 Å². The summed E-state index contributed by atoms with van der Waals surface area (Å²) in [5.41, 5.74) is 12.4. The number of halogens is 2. The van der Waals surface area contributed by atoms with E-state index in [2.05, 4.69) is 18.7 Å². The Hall–Kier alpha value is -1.20. The second-order valence-electron chi connectivity index (χ2n) is 5.15. The first-order chi connectivity index (χ1) is 8.91. The largest absolute Gasteiger partial charge is 0.397 e. The highest BCUT2D eigenvalue weighted by Gasteiger charge is 2.24. The summed E-state index contributed by atoms with van der Waals surface area (Å²) < 4.78 is 14.2. The van der Waals surface area contributed by atoms with Crippen molar-refractivity contribution in [2.24, 2.45) is 0 Å². The number of hydrogen-bond donors (Lipinski definition) is 2. The number of nitrogen functional groups attached to an aromatic ring is 2. The van der Waals surface area contributed by atoms with Crippen molar-refractivity contribution in [2.75, 3.05) is 42.5 Å². The molecule has 6 heteroatoms. The van der Waals surface area contributed by atoms with Gasteiger partial charge in [0.2, 0.25) is 0 Å². The van der Waals surface area contributed by atoms with Crippen LogP contribution in [0.5, 0.6) is 0 Å². The standard InChI is InChI=1S/C13H20ClFN4/c1-8(2)18-3-5-19(6-4-18)13-10(17)7-9(16)11(14)12(13)15/h7-8H,3-6,16-17H2,1-2H3. The highest BCUT2D eigenvalue weighted by molar-refractivity contribution is 6.33. The van der Waals surface area contributed by atoms with Crippen LogP contribution in [-0.2, 0) is 0 Å². The summed E-state index contributed by atoms with van der Waals surface area (Å²) >= 11 is 5.86. The van der Waals surface area contributed by atoms with Crippen molar-refractivity contribution in [3.63, 3.8) is 0 Å². The van der Waals surface area contributed by atoms with Crippen LogP contribution >= 0.6 is 11.6 Å². The molecule has 1 saturated heterocycles. The summed E-state index contributed by atoms with van der Waals surface area (Å²) in [7, 11) is 0. The molecule has 0 bridgehead atoms. The molecule has 1 aliphatic rings. The number of nitrogens with zero attached hydrogens (tertiary/aromatic N) is 2. The first kappa shape index (κ1) is 14.2. The van der Waals surface area contributed by atoms with Gasteiger partial charge in [-0.05, 0) is 19.9 Å². The molecule has 0 spiro atoms. The van der Waals surface area contributed by atoms with Crippen molar-refractivity contribution < 1.29 is 4.39 Å². The lowest BCUT2D eigenvalue weighted by molar-refractivity contribution is 0.209. The Kier molecular flexibility index (Phi) is 4.06. The molecule has 1 aromatic carbocycles. The average Bonchev–Trinajstić information content (AvgIpc) is 2.37. The first-order valence-corrected chi connectivity index (χ1v) is 6.81. The molecule has 1 aliphatic heterocycles. The van der Waals surface area contributed by atoms with Crippen LogP contribution < -0.4 is 16.4 Å². The molecule has 0 radical (unpaired) electrons. The molecular weight excluding hydrogens is 267 g/mol. The van der Waals surface area contributed by atoms with Crippen LogP contribution in [0.2, 0.25) is 5.02 Å². The highest BCUT2D eigenvalue weighted by atomic mass is 35.5. The van der Waals surface area contributed by atoms with Crippen LogP contribution in [0.25, 0.3) is 0 Å². The van der Waals surface area contributed by atoms with Crippen molar-refractivity contribution in [2.45, 2.75) is 19.9 Å². The van der Waals surface area contributed by atoms with Crippen LogP contribution in [0.1, 0.15) is 13.8 Å². The van der Waals surface area contributed by atoms with Crippen molar-refractivity contribution in [3.05, 3.63) is 16.9 Å². The molecule has 106 valence electrons. The van der Waals surface area contributed by atoms with E-state index in [0.29, 0.717) is 17.4 Å². The van der Waals surface area contributed by atoms with Crippen LogP contribution in [-0.4, -0.2) is 37.1 Å². The summed E-state index contributed by atoms with van der Waals surface area (Å²) in [6, 6.07) is 2.02. The second kappa shape index (κ2) is 5.43. The van der Waals surface area contributed by atoms with Crippen molar-refractivity contribution in [1.82, 2.24) is 4.90 Å². The fraction of sp³-hybridized carbons (Fsp3) is 0.538.